The van der Waals surface area contributed by atoms with Gasteiger partial charge in [0.25, 0.3) is 0 Å². The molecule has 2 atom stereocenters. The van der Waals surface area contributed by atoms with E-state index in [0.717, 1.165) is 62.5 Å². The van der Waals surface area contributed by atoms with Crippen LogP contribution in [0.4, 0.5) is 5.82 Å². The molecule has 5 aromatic heterocycles. The molecule has 1 N–H and O–H groups in total. The van der Waals surface area contributed by atoms with Crippen molar-refractivity contribution in [3.05, 3.63) is 71.3 Å². The highest BCUT2D eigenvalue weighted by atomic mass is 32.2. The maximum Gasteiger partial charge on any atom is 0.250 e. The molecule has 8 rings (SSSR count). The van der Waals surface area contributed by atoms with Crippen molar-refractivity contribution in [1.82, 2.24) is 29.5 Å². The standard InChI is InChI=1S/C35H39N7O4S/c1-20(2)24-19-47(43,44)34-31(32(35-41-40-21(3)46-35)27(39-33(24)34)10-9-22-13-16-45-17-14-22)28-18-42-29(7-4-8-30(42)38-28)37-26-12-11-25-23(26)6-5-15-36-25/h4-8,15,18,20,22,24,26,37H,9-14,16-17,19H2,1-3H3/t24?,26-/m0/s1. The fourth-order valence-corrected chi connectivity index (χ4v) is 9.75. The highest BCUT2D eigenvalue weighted by Gasteiger charge is 2.43. The van der Waals surface area contributed by atoms with E-state index in [2.05, 4.69) is 40.4 Å². The van der Waals surface area contributed by atoms with Crippen molar-refractivity contribution < 1.29 is 17.6 Å². The zero-order valence-electron chi connectivity index (χ0n) is 26.9. The summed E-state index contributed by atoms with van der Waals surface area (Å²) in [5.74, 6) is 1.92. The molecule has 47 heavy (non-hydrogen) atoms. The first-order chi connectivity index (χ1) is 22.8. The highest BCUT2D eigenvalue weighted by molar-refractivity contribution is 7.92. The summed E-state index contributed by atoms with van der Waals surface area (Å²) in [6.45, 7) is 7.39. The minimum atomic E-state index is -3.69. The van der Waals surface area contributed by atoms with Crippen LogP contribution in [0.3, 0.4) is 0 Å². The number of ether oxygens (including phenoxy) is 1. The Morgan fingerprint density at radius 1 is 1.04 bits per heavy atom. The fraction of sp³-hybridized carbons (Fsp3) is 0.457. The normalized spacial score (nSPS) is 20.6. The Hall–Kier alpha value is -4.16. The summed E-state index contributed by atoms with van der Waals surface area (Å²) in [5.41, 5.74) is 6.04. The molecule has 1 fully saturated rings. The summed E-state index contributed by atoms with van der Waals surface area (Å²) < 4.78 is 41.9. The molecule has 2 aliphatic heterocycles. The molecule has 3 aliphatic rings. The van der Waals surface area contributed by atoms with Crippen LogP contribution in [0, 0.1) is 18.8 Å². The van der Waals surface area contributed by atoms with Gasteiger partial charge in [-0.1, -0.05) is 26.0 Å². The molecule has 0 amide bonds. The molecule has 1 unspecified atom stereocenters. The number of aromatic nitrogens is 6. The molecule has 1 saturated heterocycles. The molecule has 0 spiro atoms. The third-order valence-corrected chi connectivity index (χ3v) is 11.9. The van der Waals surface area contributed by atoms with Crippen LogP contribution >= 0.6 is 0 Å². The summed E-state index contributed by atoms with van der Waals surface area (Å²) in [5, 5.41) is 12.3. The van der Waals surface area contributed by atoms with Gasteiger partial charge in [-0.25, -0.2) is 13.4 Å². The Kier molecular flexibility index (Phi) is 7.59. The van der Waals surface area contributed by atoms with E-state index in [1.54, 1.807) is 6.92 Å². The molecule has 0 bridgehead atoms. The second kappa shape index (κ2) is 11.8. The molecule has 0 radical (unpaired) electrons. The zero-order chi connectivity index (χ0) is 32.3. The van der Waals surface area contributed by atoms with Crippen molar-refractivity contribution in [3.8, 4) is 22.7 Å². The van der Waals surface area contributed by atoms with Crippen molar-refractivity contribution in [2.45, 2.75) is 76.2 Å². The average Bonchev–Trinajstić information content (AvgIpc) is 3.85. The van der Waals surface area contributed by atoms with Crippen LogP contribution in [-0.4, -0.2) is 56.9 Å². The van der Waals surface area contributed by atoms with Gasteiger partial charge >= 0.3 is 0 Å². The highest BCUT2D eigenvalue weighted by Crippen LogP contribution is 2.48. The minimum Gasteiger partial charge on any atom is -0.421 e. The number of nitrogens with zero attached hydrogens (tertiary/aromatic N) is 6. The topological polar surface area (TPSA) is 137 Å². The van der Waals surface area contributed by atoms with Crippen molar-refractivity contribution in [1.29, 1.82) is 0 Å². The number of sulfone groups is 1. The monoisotopic (exact) mass is 653 g/mol. The van der Waals surface area contributed by atoms with Gasteiger partial charge in [-0.3, -0.25) is 14.4 Å². The predicted molar refractivity (Wildman–Crippen MR) is 177 cm³/mol. The molecule has 1 aliphatic carbocycles. The Labute approximate surface area is 274 Å². The number of pyridine rings is 3. The van der Waals surface area contributed by atoms with Crippen LogP contribution in [-0.2, 0) is 27.4 Å². The van der Waals surface area contributed by atoms with Gasteiger partial charge in [-0.2, -0.15) is 0 Å². The zero-order valence-corrected chi connectivity index (χ0v) is 27.8. The smallest absolute Gasteiger partial charge is 0.250 e. The van der Waals surface area contributed by atoms with Crippen LogP contribution in [0.25, 0.3) is 28.4 Å². The molecule has 12 heteroatoms. The lowest BCUT2D eigenvalue weighted by molar-refractivity contribution is 0.0639. The van der Waals surface area contributed by atoms with Gasteiger partial charge in [-0.15, -0.1) is 10.2 Å². The summed E-state index contributed by atoms with van der Waals surface area (Å²) in [6.07, 6.45) is 9.19. The summed E-state index contributed by atoms with van der Waals surface area (Å²) in [6, 6.07) is 10.2. The van der Waals surface area contributed by atoms with E-state index in [0.29, 0.717) is 46.4 Å². The number of imidazole rings is 1. The summed E-state index contributed by atoms with van der Waals surface area (Å²) in [4.78, 5) is 15.1. The summed E-state index contributed by atoms with van der Waals surface area (Å²) in [7, 11) is -3.69. The predicted octanol–water partition coefficient (Wildman–Crippen LogP) is 6.14. The largest absolute Gasteiger partial charge is 0.421 e. The number of nitrogens with one attached hydrogen (secondary N) is 1. The van der Waals surface area contributed by atoms with Crippen molar-refractivity contribution in [2.75, 3.05) is 24.3 Å². The minimum absolute atomic E-state index is 0.0149. The number of hydrogen-bond donors (Lipinski definition) is 1. The Morgan fingerprint density at radius 2 is 1.89 bits per heavy atom. The van der Waals surface area contributed by atoms with Crippen LogP contribution < -0.4 is 5.32 Å². The first-order valence-corrected chi connectivity index (χ1v) is 18.3. The SMILES string of the molecule is Cc1nnc(-c2c(CCC3CCOCC3)nc3c(c2-c2cn4c(N[C@H]5CCc6ncccc65)cccc4n2)S(=O)(=O)CC3C(C)C)o1. The van der Waals surface area contributed by atoms with E-state index in [1.807, 2.05) is 41.1 Å². The second-order valence-corrected chi connectivity index (χ2v) is 15.4. The van der Waals surface area contributed by atoms with Gasteiger partial charge < -0.3 is 14.5 Å². The van der Waals surface area contributed by atoms with E-state index < -0.39 is 9.84 Å². The third-order valence-electron chi connectivity index (χ3n) is 10.0. The number of aryl methyl sites for hydroxylation is 3. The third kappa shape index (κ3) is 5.41. The number of hydrogen-bond acceptors (Lipinski definition) is 10. The van der Waals surface area contributed by atoms with Crippen molar-refractivity contribution >= 4 is 21.3 Å². The van der Waals surface area contributed by atoms with Crippen molar-refractivity contribution in [3.63, 3.8) is 0 Å². The molecule has 11 nitrogen and oxygen atoms in total. The lowest BCUT2D eigenvalue weighted by Gasteiger charge is -2.23. The van der Waals surface area contributed by atoms with Crippen LogP contribution in [0.1, 0.15) is 80.0 Å². The van der Waals surface area contributed by atoms with Gasteiger partial charge in [0.1, 0.15) is 11.5 Å². The quantitative estimate of drug-likeness (QED) is 0.208. The average molecular weight is 654 g/mol. The summed E-state index contributed by atoms with van der Waals surface area (Å²) >= 11 is 0. The molecular weight excluding hydrogens is 614 g/mol. The first-order valence-electron chi connectivity index (χ1n) is 16.6. The molecule has 7 heterocycles. The Morgan fingerprint density at radius 3 is 2.68 bits per heavy atom. The van der Waals surface area contributed by atoms with E-state index in [9.17, 15) is 8.42 Å². The molecule has 244 valence electrons. The number of anilines is 1. The van der Waals surface area contributed by atoms with E-state index in [4.69, 9.17) is 19.1 Å². The van der Waals surface area contributed by atoms with Crippen LogP contribution in [0.5, 0.6) is 0 Å². The van der Waals surface area contributed by atoms with Gasteiger partial charge in [0.2, 0.25) is 11.8 Å². The maximum atomic E-state index is 14.1. The molecule has 5 aromatic rings. The van der Waals surface area contributed by atoms with Crippen LogP contribution in [0.15, 0.2) is 52.0 Å². The van der Waals surface area contributed by atoms with Gasteiger partial charge in [0.15, 0.2) is 9.84 Å². The second-order valence-electron chi connectivity index (χ2n) is 13.4. The van der Waals surface area contributed by atoms with Gasteiger partial charge in [0, 0.05) is 49.7 Å². The Bertz CT molecular complexity index is 2080. The molecular formula is C35H39N7O4S. The lowest BCUT2D eigenvalue weighted by Crippen LogP contribution is -2.17. The van der Waals surface area contributed by atoms with E-state index in [1.165, 1.54) is 5.56 Å². The Balaban J connectivity index is 1.31. The molecule has 0 aromatic carbocycles. The van der Waals surface area contributed by atoms with Crippen molar-refractivity contribution in [2.24, 2.45) is 11.8 Å². The van der Waals surface area contributed by atoms with E-state index >= 15 is 0 Å². The van der Waals surface area contributed by atoms with E-state index in [-0.39, 0.29) is 34.4 Å². The molecule has 0 saturated carbocycles. The van der Waals surface area contributed by atoms with Gasteiger partial charge in [0.05, 0.1) is 39.3 Å². The number of rotatable bonds is 8. The fourth-order valence-electron chi connectivity index (χ4n) is 7.53. The number of fused-ring (bicyclic) bond motifs is 3. The van der Waals surface area contributed by atoms with Gasteiger partial charge in [-0.05, 0) is 74.1 Å². The first kappa shape index (κ1) is 30.2. The van der Waals surface area contributed by atoms with Crippen LogP contribution in [0.2, 0.25) is 0 Å². The maximum absolute atomic E-state index is 14.1. The lowest BCUT2D eigenvalue weighted by atomic mass is 9.89.